The van der Waals surface area contributed by atoms with Gasteiger partial charge in [0, 0.05) is 34.6 Å². The molecule has 0 bridgehead atoms. The molecular weight excluding hydrogens is 641 g/mol. The minimum Gasteiger partial charge on any atom is -0.352 e. The maximum atomic E-state index is 14.7. The van der Waals surface area contributed by atoms with Crippen molar-refractivity contribution < 1.29 is 18.0 Å². The number of benzene rings is 4. The molecule has 7 nitrogen and oxygen atoms in total. The van der Waals surface area contributed by atoms with Crippen molar-refractivity contribution in [3.63, 3.8) is 0 Å². The molecule has 2 atom stereocenters. The predicted molar refractivity (Wildman–Crippen MR) is 186 cm³/mol. The Kier molecular flexibility index (Phi) is 11.9. The number of hydrogen-bond acceptors (Lipinski definition) is 4. The number of sulfonamides is 1. The van der Waals surface area contributed by atoms with E-state index < -0.39 is 28.5 Å². The van der Waals surface area contributed by atoms with Crippen LogP contribution < -0.4 is 9.62 Å². The third-order valence-corrected chi connectivity index (χ3v) is 10.4. The zero-order chi connectivity index (χ0) is 33.4. The van der Waals surface area contributed by atoms with E-state index in [1.807, 2.05) is 63.2 Å². The maximum Gasteiger partial charge on any atom is 0.264 e. The number of anilines is 1. The Balaban J connectivity index is 1.87. The zero-order valence-electron chi connectivity index (χ0n) is 26.4. The van der Waals surface area contributed by atoms with Crippen LogP contribution in [0.15, 0.2) is 102 Å². The highest BCUT2D eigenvalue weighted by Crippen LogP contribution is 2.30. The third-order valence-electron chi connectivity index (χ3n) is 7.91. The Hall–Kier alpha value is -3.85. The molecule has 242 valence electrons. The first kappa shape index (κ1) is 35.0. The molecule has 0 aliphatic heterocycles. The number of halogens is 2. The van der Waals surface area contributed by atoms with E-state index in [1.165, 1.54) is 17.0 Å². The van der Waals surface area contributed by atoms with Crippen LogP contribution in [0.3, 0.4) is 0 Å². The normalized spacial score (nSPS) is 12.7. The van der Waals surface area contributed by atoms with Gasteiger partial charge in [0.15, 0.2) is 0 Å². The molecule has 4 aromatic carbocycles. The summed E-state index contributed by atoms with van der Waals surface area (Å²) >= 11 is 13.2. The Morgan fingerprint density at radius 2 is 1.46 bits per heavy atom. The minimum absolute atomic E-state index is 0.0414. The molecule has 0 unspecified atom stereocenters. The van der Waals surface area contributed by atoms with Crippen LogP contribution in [0.5, 0.6) is 0 Å². The molecule has 0 saturated carbocycles. The first-order valence-electron chi connectivity index (χ1n) is 15.1. The molecular formula is C36H39Cl2N3O4S. The number of nitrogens with one attached hydrogen (secondary N) is 1. The summed E-state index contributed by atoms with van der Waals surface area (Å²) in [6, 6.07) is 26.7. The summed E-state index contributed by atoms with van der Waals surface area (Å²) < 4.78 is 29.6. The number of amides is 2. The smallest absolute Gasteiger partial charge is 0.264 e. The SMILES string of the molecule is CC[C@H](C)NC(=O)[C@@H](Cc1ccccc1)N(Cc1c(Cl)cccc1Cl)C(=O)CN(c1cc(C)ccc1C)S(=O)(=O)c1ccccc1. The Labute approximate surface area is 282 Å². The number of nitrogens with zero attached hydrogens (tertiary/aromatic N) is 2. The summed E-state index contributed by atoms with van der Waals surface area (Å²) in [5.41, 5.74) is 3.16. The second-order valence-corrected chi connectivity index (χ2v) is 14.0. The molecule has 0 aromatic heterocycles. The molecule has 0 heterocycles. The number of carbonyl (C=O) groups is 2. The fraction of sp³-hybridized carbons (Fsp3) is 0.278. The van der Waals surface area contributed by atoms with Crippen LogP contribution in [-0.2, 0) is 32.6 Å². The lowest BCUT2D eigenvalue weighted by Crippen LogP contribution is -2.54. The summed E-state index contributed by atoms with van der Waals surface area (Å²) in [6.45, 7) is 6.83. The van der Waals surface area contributed by atoms with Gasteiger partial charge in [0.05, 0.1) is 10.6 Å². The minimum atomic E-state index is -4.21. The summed E-state index contributed by atoms with van der Waals surface area (Å²) in [5, 5.41) is 3.68. The van der Waals surface area contributed by atoms with Gasteiger partial charge in [0.25, 0.3) is 10.0 Å². The van der Waals surface area contributed by atoms with Gasteiger partial charge in [-0.2, -0.15) is 0 Å². The van der Waals surface area contributed by atoms with E-state index >= 15 is 0 Å². The van der Waals surface area contributed by atoms with Gasteiger partial charge in [-0.15, -0.1) is 0 Å². The highest BCUT2D eigenvalue weighted by molar-refractivity contribution is 7.92. The van der Waals surface area contributed by atoms with Crippen molar-refractivity contribution in [2.24, 2.45) is 0 Å². The van der Waals surface area contributed by atoms with Gasteiger partial charge in [-0.3, -0.25) is 13.9 Å². The molecule has 0 aliphatic rings. The van der Waals surface area contributed by atoms with E-state index in [0.717, 1.165) is 15.4 Å². The molecule has 46 heavy (non-hydrogen) atoms. The number of aryl methyl sites for hydroxylation is 2. The molecule has 0 aliphatic carbocycles. The summed E-state index contributed by atoms with van der Waals surface area (Å²) in [7, 11) is -4.21. The van der Waals surface area contributed by atoms with Gasteiger partial charge in [-0.25, -0.2) is 8.42 Å². The molecule has 0 spiro atoms. The van der Waals surface area contributed by atoms with Crippen LogP contribution >= 0.6 is 23.2 Å². The summed E-state index contributed by atoms with van der Waals surface area (Å²) in [5.74, 6) is -0.949. The van der Waals surface area contributed by atoms with E-state index in [4.69, 9.17) is 23.2 Å². The third kappa shape index (κ3) is 8.49. The van der Waals surface area contributed by atoms with Crippen molar-refractivity contribution in [2.45, 2.75) is 64.1 Å². The average Bonchev–Trinajstić information content (AvgIpc) is 3.04. The van der Waals surface area contributed by atoms with Gasteiger partial charge < -0.3 is 10.2 Å². The van der Waals surface area contributed by atoms with Gasteiger partial charge in [0.1, 0.15) is 12.6 Å². The van der Waals surface area contributed by atoms with E-state index in [0.29, 0.717) is 33.3 Å². The number of carbonyl (C=O) groups excluding carboxylic acids is 2. The van der Waals surface area contributed by atoms with Crippen molar-refractivity contribution in [1.29, 1.82) is 0 Å². The van der Waals surface area contributed by atoms with E-state index in [9.17, 15) is 18.0 Å². The van der Waals surface area contributed by atoms with Crippen LogP contribution in [0.25, 0.3) is 0 Å². The lowest BCUT2D eigenvalue weighted by atomic mass is 10.0. The molecule has 4 aromatic rings. The quantitative estimate of drug-likeness (QED) is 0.160. The molecule has 4 rings (SSSR count). The molecule has 2 amide bonds. The highest BCUT2D eigenvalue weighted by Gasteiger charge is 2.36. The van der Waals surface area contributed by atoms with Crippen molar-refractivity contribution in [3.8, 4) is 0 Å². The first-order chi connectivity index (χ1) is 21.9. The highest BCUT2D eigenvalue weighted by atomic mass is 35.5. The van der Waals surface area contributed by atoms with E-state index in [-0.39, 0.29) is 29.8 Å². The van der Waals surface area contributed by atoms with Crippen molar-refractivity contribution >= 4 is 50.7 Å². The van der Waals surface area contributed by atoms with Crippen molar-refractivity contribution in [1.82, 2.24) is 10.2 Å². The Bertz CT molecular complexity index is 1750. The second kappa shape index (κ2) is 15.6. The van der Waals surface area contributed by atoms with Crippen molar-refractivity contribution in [2.75, 3.05) is 10.8 Å². The molecule has 0 saturated heterocycles. The van der Waals surface area contributed by atoms with E-state index in [1.54, 1.807) is 49.4 Å². The van der Waals surface area contributed by atoms with Gasteiger partial charge in [0.2, 0.25) is 11.8 Å². The fourth-order valence-corrected chi connectivity index (χ4v) is 7.08. The molecule has 0 fully saturated rings. The van der Waals surface area contributed by atoms with Crippen LogP contribution in [0.4, 0.5) is 5.69 Å². The summed E-state index contributed by atoms with van der Waals surface area (Å²) in [4.78, 5) is 30.1. The largest absolute Gasteiger partial charge is 0.352 e. The zero-order valence-corrected chi connectivity index (χ0v) is 28.7. The summed E-state index contributed by atoms with van der Waals surface area (Å²) in [6.07, 6.45) is 0.871. The van der Waals surface area contributed by atoms with Crippen LogP contribution in [0.1, 0.15) is 42.5 Å². The van der Waals surface area contributed by atoms with Crippen LogP contribution in [-0.4, -0.2) is 43.8 Å². The Morgan fingerprint density at radius 1 is 0.848 bits per heavy atom. The monoisotopic (exact) mass is 679 g/mol. The standard InChI is InChI=1S/C36H39Cl2N3O4S/c1-5-27(4)39-36(43)34(22-28-13-8-6-9-14-28)40(23-30-31(37)17-12-18-32(30)38)35(42)24-41(33-21-25(2)19-20-26(33)3)46(44,45)29-15-10-7-11-16-29/h6-21,27,34H,5,22-24H2,1-4H3,(H,39,43)/t27-,34+/m0/s1. The van der Waals surface area contributed by atoms with Crippen LogP contribution in [0, 0.1) is 13.8 Å². The van der Waals surface area contributed by atoms with Gasteiger partial charge in [-0.05, 0) is 74.2 Å². The Morgan fingerprint density at radius 3 is 2.07 bits per heavy atom. The molecule has 1 N–H and O–H groups in total. The lowest BCUT2D eigenvalue weighted by Gasteiger charge is -2.35. The number of hydrogen-bond donors (Lipinski definition) is 1. The van der Waals surface area contributed by atoms with Crippen molar-refractivity contribution in [3.05, 3.63) is 129 Å². The molecule has 10 heteroatoms. The van der Waals surface area contributed by atoms with Crippen LogP contribution in [0.2, 0.25) is 10.0 Å². The molecule has 0 radical (unpaired) electrons. The number of rotatable bonds is 13. The maximum absolute atomic E-state index is 14.7. The fourth-order valence-electron chi connectivity index (χ4n) is 5.07. The first-order valence-corrected chi connectivity index (χ1v) is 17.3. The predicted octanol–water partition coefficient (Wildman–Crippen LogP) is 7.36. The van der Waals surface area contributed by atoms with E-state index in [2.05, 4.69) is 5.32 Å². The topological polar surface area (TPSA) is 86.8 Å². The van der Waals surface area contributed by atoms with Gasteiger partial charge in [-0.1, -0.05) is 96.9 Å². The average molecular weight is 681 g/mol. The lowest BCUT2D eigenvalue weighted by molar-refractivity contribution is -0.140. The van der Waals surface area contributed by atoms with Gasteiger partial charge >= 0.3 is 0 Å². The second-order valence-electron chi connectivity index (χ2n) is 11.4.